The van der Waals surface area contributed by atoms with E-state index in [0.29, 0.717) is 12.0 Å². The van der Waals surface area contributed by atoms with Gasteiger partial charge in [0.05, 0.1) is 11.9 Å². The first-order chi connectivity index (χ1) is 11.7. The summed E-state index contributed by atoms with van der Waals surface area (Å²) in [5.74, 6) is -0.297. The van der Waals surface area contributed by atoms with Gasteiger partial charge >= 0.3 is 5.97 Å². The van der Waals surface area contributed by atoms with Crippen LogP contribution in [0.15, 0.2) is 73.3 Å². The Kier molecular flexibility index (Phi) is 5.06. The van der Waals surface area contributed by atoms with Crippen molar-refractivity contribution in [2.45, 2.75) is 26.0 Å². The van der Waals surface area contributed by atoms with Crippen LogP contribution in [0.25, 0.3) is 0 Å². The van der Waals surface area contributed by atoms with E-state index < -0.39 is 0 Å². The van der Waals surface area contributed by atoms with Crippen LogP contribution in [0, 0.1) is 6.92 Å². The molecule has 0 aliphatic carbocycles. The van der Waals surface area contributed by atoms with Crippen molar-refractivity contribution in [3.05, 3.63) is 90.0 Å². The van der Waals surface area contributed by atoms with E-state index in [9.17, 15) is 4.79 Å². The van der Waals surface area contributed by atoms with E-state index in [1.165, 1.54) is 0 Å². The summed E-state index contributed by atoms with van der Waals surface area (Å²) in [6, 6.07) is 17.3. The summed E-state index contributed by atoms with van der Waals surface area (Å²) in [5.41, 5.74) is 2.69. The van der Waals surface area contributed by atoms with Gasteiger partial charge in [0.2, 0.25) is 0 Å². The van der Waals surface area contributed by atoms with Crippen LogP contribution in [0.3, 0.4) is 0 Å². The van der Waals surface area contributed by atoms with Gasteiger partial charge in [-0.2, -0.15) is 0 Å². The predicted octanol–water partition coefficient (Wildman–Crippen LogP) is 4.18. The SMILES string of the molecule is Cc1ccc(C(=O)OC(CCn2ccnc2)c2ccccc2)cc1. The molecule has 0 spiro atoms. The molecule has 0 saturated carbocycles. The lowest BCUT2D eigenvalue weighted by Crippen LogP contribution is -2.14. The van der Waals surface area contributed by atoms with E-state index in [1.54, 1.807) is 24.7 Å². The first kappa shape index (κ1) is 16.0. The zero-order chi connectivity index (χ0) is 16.8. The third-order valence-corrected chi connectivity index (χ3v) is 3.92. The number of aromatic nitrogens is 2. The predicted molar refractivity (Wildman–Crippen MR) is 92.6 cm³/mol. The van der Waals surface area contributed by atoms with E-state index in [1.807, 2.05) is 60.2 Å². The second-order valence-corrected chi connectivity index (χ2v) is 5.76. The Bertz CT molecular complexity index is 765. The smallest absolute Gasteiger partial charge is 0.338 e. The molecule has 0 fully saturated rings. The van der Waals surface area contributed by atoms with Gasteiger partial charge in [0.15, 0.2) is 0 Å². The van der Waals surface area contributed by atoms with E-state index >= 15 is 0 Å². The molecule has 1 aromatic heterocycles. The molecule has 1 heterocycles. The number of rotatable bonds is 6. The van der Waals surface area contributed by atoms with E-state index in [4.69, 9.17) is 4.74 Å². The van der Waals surface area contributed by atoms with Crippen molar-refractivity contribution in [3.63, 3.8) is 0 Å². The minimum atomic E-state index is -0.297. The highest BCUT2D eigenvalue weighted by molar-refractivity contribution is 5.89. The lowest BCUT2D eigenvalue weighted by molar-refractivity contribution is 0.0266. The summed E-state index contributed by atoms with van der Waals surface area (Å²) >= 11 is 0. The van der Waals surface area contributed by atoms with Gasteiger partial charge in [-0.15, -0.1) is 0 Å². The van der Waals surface area contributed by atoms with Crippen molar-refractivity contribution in [1.29, 1.82) is 0 Å². The zero-order valence-corrected chi connectivity index (χ0v) is 13.6. The minimum Gasteiger partial charge on any atom is -0.454 e. The molecule has 0 radical (unpaired) electrons. The number of nitrogens with zero attached hydrogens (tertiary/aromatic N) is 2. The Morgan fingerprint density at radius 3 is 2.54 bits per heavy atom. The van der Waals surface area contributed by atoms with Crippen molar-refractivity contribution in [2.75, 3.05) is 0 Å². The number of benzene rings is 2. The Labute approximate surface area is 141 Å². The van der Waals surface area contributed by atoms with Gasteiger partial charge in [-0.1, -0.05) is 48.0 Å². The number of hydrogen-bond donors (Lipinski definition) is 0. The van der Waals surface area contributed by atoms with E-state index in [2.05, 4.69) is 4.98 Å². The molecule has 4 nitrogen and oxygen atoms in total. The van der Waals surface area contributed by atoms with Gasteiger partial charge in [-0.3, -0.25) is 0 Å². The molecule has 24 heavy (non-hydrogen) atoms. The van der Waals surface area contributed by atoms with E-state index in [-0.39, 0.29) is 12.1 Å². The Morgan fingerprint density at radius 1 is 1.12 bits per heavy atom. The second kappa shape index (κ2) is 7.59. The summed E-state index contributed by atoms with van der Waals surface area (Å²) in [5, 5.41) is 0. The van der Waals surface area contributed by atoms with Gasteiger partial charge < -0.3 is 9.30 Å². The lowest BCUT2D eigenvalue weighted by atomic mass is 10.1. The highest BCUT2D eigenvalue weighted by Crippen LogP contribution is 2.23. The molecule has 122 valence electrons. The lowest BCUT2D eigenvalue weighted by Gasteiger charge is -2.19. The summed E-state index contributed by atoms with van der Waals surface area (Å²) in [6.07, 6.45) is 5.82. The van der Waals surface area contributed by atoms with Gasteiger partial charge in [0.25, 0.3) is 0 Å². The van der Waals surface area contributed by atoms with Crippen molar-refractivity contribution in [2.24, 2.45) is 0 Å². The van der Waals surface area contributed by atoms with Crippen LogP contribution in [-0.4, -0.2) is 15.5 Å². The van der Waals surface area contributed by atoms with Crippen LogP contribution in [0.2, 0.25) is 0 Å². The van der Waals surface area contributed by atoms with Gasteiger partial charge in [0.1, 0.15) is 6.10 Å². The topological polar surface area (TPSA) is 44.1 Å². The molecule has 1 atom stereocenters. The highest BCUT2D eigenvalue weighted by Gasteiger charge is 2.18. The molecular formula is C20H20N2O2. The standard InChI is InChI=1S/C20H20N2O2/c1-16-7-9-18(10-8-16)20(23)24-19(17-5-3-2-4-6-17)11-13-22-14-12-21-15-22/h2-10,12,14-15,19H,11,13H2,1H3. The summed E-state index contributed by atoms with van der Waals surface area (Å²) in [4.78, 5) is 16.5. The Hall–Kier alpha value is -2.88. The third kappa shape index (κ3) is 4.10. The summed E-state index contributed by atoms with van der Waals surface area (Å²) in [6.45, 7) is 2.73. The maximum atomic E-state index is 12.5. The van der Waals surface area contributed by atoms with Crippen LogP contribution in [0.1, 0.15) is 34.0 Å². The Balaban J connectivity index is 1.74. The van der Waals surface area contributed by atoms with Crippen molar-refractivity contribution in [3.8, 4) is 0 Å². The average Bonchev–Trinajstić information content (AvgIpc) is 3.13. The van der Waals surface area contributed by atoms with Crippen LogP contribution in [0.4, 0.5) is 0 Å². The van der Waals surface area contributed by atoms with Gasteiger partial charge in [-0.05, 0) is 24.6 Å². The first-order valence-corrected chi connectivity index (χ1v) is 8.01. The number of carbonyl (C=O) groups is 1. The molecular weight excluding hydrogens is 300 g/mol. The van der Waals surface area contributed by atoms with Crippen LogP contribution >= 0.6 is 0 Å². The summed E-state index contributed by atoms with van der Waals surface area (Å²) in [7, 11) is 0. The minimum absolute atomic E-state index is 0.289. The first-order valence-electron chi connectivity index (χ1n) is 8.01. The number of esters is 1. The van der Waals surface area contributed by atoms with Crippen LogP contribution in [-0.2, 0) is 11.3 Å². The van der Waals surface area contributed by atoms with Gasteiger partial charge in [0, 0.05) is 25.4 Å². The van der Waals surface area contributed by atoms with Crippen molar-refractivity contribution in [1.82, 2.24) is 9.55 Å². The van der Waals surface area contributed by atoms with Crippen molar-refractivity contribution >= 4 is 5.97 Å². The third-order valence-electron chi connectivity index (χ3n) is 3.92. The Morgan fingerprint density at radius 2 is 1.88 bits per heavy atom. The molecule has 2 aromatic carbocycles. The maximum absolute atomic E-state index is 12.5. The molecule has 0 bridgehead atoms. The fourth-order valence-corrected chi connectivity index (χ4v) is 2.53. The van der Waals surface area contributed by atoms with Crippen molar-refractivity contribution < 1.29 is 9.53 Å². The zero-order valence-electron chi connectivity index (χ0n) is 13.6. The fraction of sp³-hybridized carbons (Fsp3) is 0.200. The van der Waals surface area contributed by atoms with Crippen LogP contribution < -0.4 is 0 Å². The molecule has 3 rings (SSSR count). The van der Waals surface area contributed by atoms with Gasteiger partial charge in [-0.25, -0.2) is 9.78 Å². The molecule has 0 amide bonds. The van der Waals surface area contributed by atoms with Crippen LogP contribution in [0.5, 0.6) is 0 Å². The largest absolute Gasteiger partial charge is 0.454 e. The number of hydrogen-bond acceptors (Lipinski definition) is 3. The molecule has 1 unspecified atom stereocenters. The molecule has 3 aromatic rings. The molecule has 0 N–H and O–H groups in total. The highest BCUT2D eigenvalue weighted by atomic mass is 16.5. The summed E-state index contributed by atoms with van der Waals surface area (Å²) < 4.78 is 7.77. The molecule has 0 saturated heterocycles. The number of carbonyl (C=O) groups excluding carboxylic acids is 1. The molecule has 4 heteroatoms. The maximum Gasteiger partial charge on any atom is 0.338 e. The monoisotopic (exact) mass is 320 g/mol. The normalized spacial score (nSPS) is 11.9. The molecule has 0 aliphatic heterocycles. The number of imidazole rings is 1. The fourth-order valence-electron chi connectivity index (χ4n) is 2.53. The number of aryl methyl sites for hydroxylation is 2. The average molecular weight is 320 g/mol. The number of ether oxygens (including phenoxy) is 1. The molecule has 0 aliphatic rings. The van der Waals surface area contributed by atoms with E-state index in [0.717, 1.165) is 17.7 Å². The quantitative estimate of drug-likeness (QED) is 0.640. The second-order valence-electron chi connectivity index (χ2n) is 5.76.